The first-order valence-corrected chi connectivity index (χ1v) is 26.0. The Morgan fingerprint density at radius 1 is 0.632 bits per heavy atom. The summed E-state index contributed by atoms with van der Waals surface area (Å²) < 4.78 is 0. The van der Waals surface area contributed by atoms with E-state index in [0.29, 0.717) is 25.1 Å². The molecule has 0 radical (unpaired) electrons. The highest BCUT2D eigenvalue weighted by Crippen LogP contribution is 2.12. The molecule has 1 aromatic rings. The number of aromatic amines is 1. The number of nitrogens with one attached hydrogen (secondary N) is 10. The summed E-state index contributed by atoms with van der Waals surface area (Å²) in [6.45, 7) is 8.70. The lowest BCUT2D eigenvalue weighted by Gasteiger charge is -2.28. The van der Waals surface area contributed by atoms with Gasteiger partial charge in [0.2, 0.25) is 53.2 Å². The first-order valence-electron chi connectivity index (χ1n) is 24.6. The molecule has 9 amide bonds. The molecule has 1 heterocycles. The number of H-pyrrole nitrogens is 1. The van der Waals surface area contributed by atoms with E-state index in [9.17, 15) is 72.9 Å². The smallest absolute Gasteiger partial charge is 0.326 e. The van der Waals surface area contributed by atoms with Gasteiger partial charge in [-0.25, -0.2) is 9.78 Å². The number of amides is 9. The molecule has 29 nitrogen and oxygen atoms in total. The SMILES string of the molecule is CSCC[C@H](NC(=O)[C@@H](NC(=O)[C@H](C)NC(=O)[C@@H](NC(=O)CNC(=O)[C@H](Cc1c[nH]cn1)NC(=O)[C@H](CCC(=O)O)NC(=O)[C@@H](N)CC(=O)O)[C@@H](C)O)C(C)C)C(=O)N[C@@H](CC(C)C)C(=O)N[C@@H](CCCCN)C(=O)O. The van der Waals surface area contributed by atoms with Gasteiger partial charge in [-0.15, -0.1) is 0 Å². The van der Waals surface area contributed by atoms with E-state index < -0.39 is 163 Å². The number of nitrogens with zero attached hydrogens (tertiary/aromatic N) is 1. The molecular formula is C46H77N13O16S. The monoisotopic (exact) mass is 1100 g/mol. The topological polar surface area (TPSA) is 475 Å². The number of aliphatic hydroxyl groups excluding tert-OH is 1. The molecule has 76 heavy (non-hydrogen) atoms. The number of nitrogens with two attached hydrogens (primary N) is 2. The fourth-order valence-corrected chi connectivity index (χ4v) is 7.53. The van der Waals surface area contributed by atoms with Crippen LogP contribution in [0.15, 0.2) is 12.5 Å². The number of carbonyl (C=O) groups excluding carboxylic acids is 9. The van der Waals surface area contributed by atoms with Crippen LogP contribution < -0.4 is 59.3 Å². The van der Waals surface area contributed by atoms with E-state index in [1.54, 1.807) is 34.0 Å². The highest BCUT2D eigenvalue weighted by atomic mass is 32.2. The van der Waals surface area contributed by atoms with E-state index in [4.69, 9.17) is 16.6 Å². The number of aliphatic hydroxyl groups is 1. The van der Waals surface area contributed by atoms with Crippen LogP contribution in [0.1, 0.15) is 98.6 Å². The van der Waals surface area contributed by atoms with Gasteiger partial charge in [-0.3, -0.25) is 52.7 Å². The fraction of sp³-hybridized carbons (Fsp3) is 0.674. The lowest BCUT2D eigenvalue weighted by atomic mass is 10.0. The van der Waals surface area contributed by atoms with Crippen molar-refractivity contribution in [2.24, 2.45) is 23.3 Å². The molecule has 0 spiro atoms. The van der Waals surface area contributed by atoms with Gasteiger partial charge in [0.15, 0.2) is 0 Å². The molecule has 0 fully saturated rings. The molecule has 1 aromatic heterocycles. The molecular weight excluding hydrogens is 1020 g/mol. The predicted octanol–water partition coefficient (Wildman–Crippen LogP) is -4.32. The summed E-state index contributed by atoms with van der Waals surface area (Å²) in [6.07, 6.45) is 1.91. The second kappa shape index (κ2) is 34.6. The lowest BCUT2D eigenvalue weighted by Crippen LogP contribution is -2.61. The van der Waals surface area contributed by atoms with Crippen LogP contribution in [-0.4, -0.2) is 187 Å². The molecule has 0 aromatic carbocycles. The average Bonchev–Trinajstić information content (AvgIpc) is 3.85. The van der Waals surface area contributed by atoms with Crippen LogP contribution in [0.25, 0.3) is 0 Å². The van der Waals surface area contributed by atoms with E-state index in [1.807, 2.05) is 0 Å². The molecule has 0 saturated carbocycles. The number of rotatable bonds is 37. The van der Waals surface area contributed by atoms with Gasteiger partial charge in [0.1, 0.15) is 48.3 Å². The van der Waals surface area contributed by atoms with Crippen LogP contribution in [0.3, 0.4) is 0 Å². The summed E-state index contributed by atoms with van der Waals surface area (Å²) >= 11 is 1.37. The molecule has 10 atom stereocenters. The summed E-state index contributed by atoms with van der Waals surface area (Å²) in [7, 11) is 0. The second-order valence-corrected chi connectivity index (χ2v) is 19.7. The highest BCUT2D eigenvalue weighted by Gasteiger charge is 2.35. The maximum atomic E-state index is 13.8. The van der Waals surface area contributed by atoms with Crippen molar-refractivity contribution in [3.8, 4) is 0 Å². The first kappa shape index (κ1) is 67.1. The highest BCUT2D eigenvalue weighted by molar-refractivity contribution is 7.98. The third kappa shape index (κ3) is 25.5. The summed E-state index contributed by atoms with van der Waals surface area (Å²) in [5.74, 6) is -12.8. The van der Waals surface area contributed by atoms with Crippen molar-refractivity contribution in [1.29, 1.82) is 0 Å². The first-order chi connectivity index (χ1) is 35.6. The van der Waals surface area contributed by atoms with Gasteiger partial charge in [-0.05, 0) is 82.8 Å². The zero-order chi connectivity index (χ0) is 57.8. The Morgan fingerprint density at radius 2 is 1.20 bits per heavy atom. The lowest BCUT2D eigenvalue weighted by molar-refractivity contribution is -0.142. The summed E-state index contributed by atoms with van der Waals surface area (Å²) in [5, 5.41) is 60.2. The molecule has 0 unspecified atom stereocenters. The third-order valence-corrected chi connectivity index (χ3v) is 11.9. The van der Waals surface area contributed by atoms with Gasteiger partial charge in [-0.2, -0.15) is 11.8 Å². The minimum Gasteiger partial charge on any atom is -0.481 e. The van der Waals surface area contributed by atoms with Crippen LogP contribution in [0, 0.1) is 11.8 Å². The van der Waals surface area contributed by atoms with Gasteiger partial charge >= 0.3 is 17.9 Å². The quantitative estimate of drug-likeness (QED) is 0.0280. The van der Waals surface area contributed by atoms with E-state index in [0.717, 1.165) is 6.92 Å². The molecule has 0 aliphatic rings. The van der Waals surface area contributed by atoms with Gasteiger partial charge in [0.25, 0.3) is 0 Å². The standard InChI is InChI=1S/C46H77N13O16S/c1-22(2)16-31(43(71)55-30(46(74)75)10-8-9-14-47)56-42(70)29(13-15-76-7)54-44(72)36(23(3)4)59-38(66)24(5)52-45(73)37(25(6)60)58-33(61)20-50-40(68)32(17-26-19-49-21-51-26)57-41(69)28(11-12-34(62)63)53-39(67)27(48)18-35(64)65/h19,21-25,27-32,36-37,60H,8-18,20,47-48H2,1-7H3,(H,49,51)(H,50,68)(H,52,73)(H,53,67)(H,54,72)(H,55,71)(H,56,70)(H,57,69)(H,58,61)(H,59,66)(H,62,63)(H,64,65)(H,74,75)/t24-,25+,27-,28-,29-,30-,31-,32-,36-,37-/m0/s1. The zero-order valence-corrected chi connectivity index (χ0v) is 44.6. The molecule has 18 N–H and O–H groups in total. The minimum atomic E-state index is -1.72. The molecule has 1 rings (SSSR count). The number of carboxylic acid groups (broad SMARTS) is 3. The molecule has 0 aliphatic heterocycles. The normalized spacial score (nSPS) is 15.1. The minimum absolute atomic E-state index is 0.0986. The Kier molecular flexibility index (Phi) is 30.6. The number of hydrogen-bond donors (Lipinski definition) is 16. The van der Waals surface area contributed by atoms with Gasteiger partial charge in [0.05, 0.1) is 37.1 Å². The molecule has 0 aliphatic carbocycles. The number of carbonyl (C=O) groups is 12. The maximum Gasteiger partial charge on any atom is 0.326 e. The number of thioether (sulfide) groups is 1. The second-order valence-electron chi connectivity index (χ2n) is 18.7. The van der Waals surface area contributed by atoms with Crippen molar-refractivity contribution in [3.63, 3.8) is 0 Å². The Labute approximate surface area is 443 Å². The van der Waals surface area contributed by atoms with Crippen molar-refractivity contribution in [2.45, 2.75) is 160 Å². The van der Waals surface area contributed by atoms with Crippen LogP contribution in [0.2, 0.25) is 0 Å². The molecule has 428 valence electrons. The Hall–Kier alpha value is -6.92. The van der Waals surface area contributed by atoms with Crippen LogP contribution >= 0.6 is 11.8 Å². The zero-order valence-electron chi connectivity index (χ0n) is 43.8. The number of carboxylic acids is 3. The summed E-state index contributed by atoms with van der Waals surface area (Å²) in [6, 6.07) is -12.8. The Morgan fingerprint density at radius 3 is 1.72 bits per heavy atom. The van der Waals surface area contributed by atoms with Gasteiger partial charge in [0, 0.05) is 19.0 Å². The fourth-order valence-electron chi connectivity index (χ4n) is 7.06. The predicted molar refractivity (Wildman–Crippen MR) is 273 cm³/mol. The Balaban J connectivity index is 3.13. The van der Waals surface area contributed by atoms with Gasteiger partial charge in [-0.1, -0.05) is 27.7 Å². The molecule has 30 heteroatoms. The summed E-state index contributed by atoms with van der Waals surface area (Å²) in [4.78, 5) is 161. The Bertz CT molecular complexity index is 2130. The third-order valence-electron chi connectivity index (χ3n) is 11.3. The maximum absolute atomic E-state index is 13.8. The van der Waals surface area contributed by atoms with Crippen molar-refractivity contribution in [2.75, 3.05) is 25.1 Å². The number of aliphatic carboxylic acids is 3. The number of aromatic nitrogens is 2. The molecule has 0 saturated heterocycles. The van der Waals surface area contributed by atoms with Crippen LogP contribution in [-0.2, 0) is 64.0 Å². The van der Waals surface area contributed by atoms with Crippen molar-refractivity contribution in [1.82, 2.24) is 57.8 Å². The largest absolute Gasteiger partial charge is 0.481 e. The van der Waals surface area contributed by atoms with Crippen molar-refractivity contribution in [3.05, 3.63) is 18.2 Å². The number of unbranched alkanes of at least 4 members (excludes halogenated alkanes) is 1. The summed E-state index contributed by atoms with van der Waals surface area (Å²) in [5.41, 5.74) is 11.4. The van der Waals surface area contributed by atoms with Crippen LogP contribution in [0.4, 0.5) is 0 Å². The number of imidazole rings is 1. The van der Waals surface area contributed by atoms with E-state index in [2.05, 4.69) is 57.8 Å². The average molecular weight is 1100 g/mol. The van der Waals surface area contributed by atoms with Crippen molar-refractivity contribution >= 4 is 82.8 Å². The van der Waals surface area contributed by atoms with Gasteiger partial charge < -0.3 is 84.7 Å². The van der Waals surface area contributed by atoms with Crippen LogP contribution in [0.5, 0.6) is 0 Å². The van der Waals surface area contributed by atoms with Crippen molar-refractivity contribution < 1.29 is 78.0 Å². The van der Waals surface area contributed by atoms with E-state index in [1.165, 1.54) is 31.2 Å². The number of hydrogen-bond acceptors (Lipinski definition) is 17. The van der Waals surface area contributed by atoms with E-state index in [-0.39, 0.29) is 37.3 Å². The molecule has 0 bridgehead atoms. The van der Waals surface area contributed by atoms with E-state index >= 15 is 0 Å².